The van der Waals surface area contributed by atoms with Gasteiger partial charge in [-0.05, 0) is 10.8 Å². The van der Waals surface area contributed by atoms with Crippen molar-refractivity contribution in [3.05, 3.63) is 54.9 Å². The van der Waals surface area contributed by atoms with Crippen LogP contribution >= 0.6 is 0 Å². The first-order valence-electron chi connectivity index (χ1n) is 7.09. The highest BCUT2D eigenvalue weighted by molar-refractivity contribution is 6.22. The highest BCUT2D eigenvalue weighted by atomic mass is 14.9. The average Bonchev–Trinajstić information content (AvgIpc) is 2.98. The number of nitrogens with one attached hydrogen (secondary N) is 1. The van der Waals surface area contributed by atoms with Gasteiger partial charge in [-0.25, -0.2) is 4.98 Å². The van der Waals surface area contributed by atoms with Crippen molar-refractivity contribution in [3.8, 4) is 0 Å². The standard InChI is InChI=1S/C15H10N2.C3H8/c1-3-7-12-10(5-1)11-6-2-4-8-13(11)15-14(12)16-9-17-15;1-3-2/h1-9H,(H,16,17);3H2,1-2H3. The molecule has 100 valence electrons. The molecule has 0 saturated carbocycles. The van der Waals surface area contributed by atoms with Crippen molar-refractivity contribution in [1.29, 1.82) is 0 Å². The van der Waals surface area contributed by atoms with Crippen molar-refractivity contribution in [3.63, 3.8) is 0 Å². The number of aromatic amines is 1. The Labute approximate surface area is 118 Å². The predicted octanol–water partition coefficient (Wildman–Crippen LogP) is 5.29. The summed E-state index contributed by atoms with van der Waals surface area (Å²) in [5.41, 5.74) is 2.18. The molecule has 20 heavy (non-hydrogen) atoms. The first-order chi connectivity index (χ1) is 9.86. The molecule has 4 aromatic rings. The van der Waals surface area contributed by atoms with Crippen molar-refractivity contribution < 1.29 is 0 Å². The summed E-state index contributed by atoms with van der Waals surface area (Å²) in [5, 5.41) is 4.99. The monoisotopic (exact) mass is 262 g/mol. The summed E-state index contributed by atoms with van der Waals surface area (Å²) >= 11 is 0. The number of benzene rings is 3. The normalized spacial score (nSPS) is 10.7. The molecule has 0 bridgehead atoms. The Kier molecular flexibility index (Phi) is 3.38. The lowest BCUT2D eigenvalue weighted by molar-refractivity contribution is 1.09. The van der Waals surface area contributed by atoms with E-state index in [9.17, 15) is 0 Å². The second kappa shape index (κ2) is 5.33. The van der Waals surface area contributed by atoms with Crippen LogP contribution in [0, 0.1) is 0 Å². The van der Waals surface area contributed by atoms with E-state index in [2.05, 4.69) is 72.3 Å². The van der Waals surface area contributed by atoms with E-state index >= 15 is 0 Å². The molecular formula is C18H18N2. The van der Waals surface area contributed by atoms with Crippen molar-refractivity contribution in [2.75, 3.05) is 0 Å². The molecule has 0 aliphatic rings. The summed E-state index contributed by atoms with van der Waals surface area (Å²) in [6.07, 6.45) is 3.02. The van der Waals surface area contributed by atoms with Gasteiger partial charge in [0.2, 0.25) is 0 Å². The van der Waals surface area contributed by atoms with Gasteiger partial charge in [0.15, 0.2) is 0 Å². The fourth-order valence-electron chi connectivity index (χ4n) is 2.56. The number of imidazole rings is 1. The Balaban J connectivity index is 0.000000373. The first kappa shape index (κ1) is 12.7. The van der Waals surface area contributed by atoms with E-state index in [0.29, 0.717) is 0 Å². The minimum absolute atomic E-state index is 1.05. The smallest absolute Gasteiger partial charge is 0.0967 e. The summed E-state index contributed by atoms with van der Waals surface area (Å²) in [4.78, 5) is 7.69. The van der Waals surface area contributed by atoms with Gasteiger partial charge in [-0.2, -0.15) is 0 Å². The third-order valence-electron chi connectivity index (χ3n) is 3.31. The average molecular weight is 262 g/mol. The van der Waals surface area contributed by atoms with Crippen LogP contribution < -0.4 is 0 Å². The van der Waals surface area contributed by atoms with Crippen molar-refractivity contribution in [2.45, 2.75) is 20.3 Å². The zero-order valence-electron chi connectivity index (χ0n) is 11.9. The van der Waals surface area contributed by atoms with E-state index < -0.39 is 0 Å². The maximum absolute atomic E-state index is 4.44. The number of rotatable bonds is 0. The minimum Gasteiger partial charge on any atom is -0.344 e. The lowest BCUT2D eigenvalue weighted by Gasteiger charge is -2.05. The molecule has 2 nitrogen and oxygen atoms in total. The van der Waals surface area contributed by atoms with E-state index in [0.717, 1.165) is 11.0 Å². The van der Waals surface area contributed by atoms with Crippen LogP contribution in [0.3, 0.4) is 0 Å². The number of H-pyrrole nitrogens is 1. The fourth-order valence-corrected chi connectivity index (χ4v) is 2.56. The van der Waals surface area contributed by atoms with Crippen LogP contribution in [0.5, 0.6) is 0 Å². The van der Waals surface area contributed by atoms with Crippen molar-refractivity contribution in [1.82, 2.24) is 9.97 Å². The molecule has 4 rings (SSSR count). The molecule has 0 aliphatic heterocycles. The van der Waals surface area contributed by atoms with Gasteiger partial charge in [-0.3, -0.25) is 0 Å². The maximum Gasteiger partial charge on any atom is 0.0967 e. The third kappa shape index (κ3) is 1.94. The van der Waals surface area contributed by atoms with Gasteiger partial charge in [0.1, 0.15) is 0 Å². The molecular weight excluding hydrogens is 244 g/mol. The predicted molar refractivity (Wildman–Crippen MR) is 87.1 cm³/mol. The Bertz CT molecular complexity index is 789. The Morgan fingerprint density at radius 2 is 1.30 bits per heavy atom. The van der Waals surface area contributed by atoms with Gasteiger partial charge in [0.25, 0.3) is 0 Å². The van der Waals surface area contributed by atoms with Crippen LogP contribution in [0.25, 0.3) is 32.6 Å². The van der Waals surface area contributed by atoms with Crippen molar-refractivity contribution in [2.24, 2.45) is 0 Å². The molecule has 0 aliphatic carbocycles. The van der Waals surface area contributed by atoms with E-state index in [1.54, 1.807) is 6.33 Å². The van der Waals surface area contributed by atoms with Gasteiger partial charge < -0.3 is 4.98 Å². The van der Waals surface area contributed by atoms with Gasteiger partial charge >= 0.3 is 0 Å². The summed E-state index contributed by atoms with van der Waals surface area (Å²) in [6.45, 7) is 4.25. The molecule has 0 unspecified atom stereocenters. The zero-order chi connectivity index (χ0) is 13.9. The van der Waals surface area contributed by atoms with Crippen LogP contribution in [0.1, 0.15) is 20.3 Å². The lowest BCUT2D eigenvalue weighted by Crippen LogP contribution is -1.81. The SMILES string of the molecule is CCC.c1ccc2c(c1)c1ccccc1c1[nH]cnc21. The summed E-state index contributed by atoms with van der Waals surface area (Å²) in [5.74, 6) is 0. The van der Waals surface area contributed by atoms with Crippen molar-refractivity contribution >= 4 is 32.6 Å². The molecule has 3 aromatic carbocycles. The summed E-state index contributed by atoms with van der Waals surface area (Å²) in [7, 11) is 0. The molecule has 0 spiro atoms. The summed E-state index contributed by atoms with van der Waals surface area (Å²) in [6, 6.07) is 16.9. The highest BCUT2D eigenvalue weighted by Crippen LogP contribution is 2.32. The Morgan fingerprint density at radius 3 is 1.95 bits per heavy atom. The Morgan fingerprint density at radius 1 is 0.800 bits per heavy atom. The molecule has 1 N–H and O–H groups in total. The van der Waals surface area contributed by atoms with Crippen LogP contribution in [-0.4, -0.2) is 9.97 Å². The molecule has 0 fully saturated rings. The quantitative estimate of drug-likeness (QED) is 0.429. The largest absolute Gasteiger partial charge is 0.344 e. The first-order valence-corrected chi connectivity index (χ1v) is 7.09. The second-order valence-corrected chi connectivity index (χ2v) is 4.92. The Hall–Kier alpha value is -2.35. The number of hydrogen-bond donors (Lipinski definition) is 1. The molecule has 2 heteroatoms. The molecule has 1 aromatic heterocycles. The number of fused-ring (bicyclic) bond motifs is 6. The summed E-state index contributed by atoms with van der Waals surface area (Å²) < 4.78 is 0. The van der Waals surface area contributed by atoms with Crippen LogP contribution in [-0.2, 0) is 0 Å². The van der Waals surface area contributed by atoms with E-state index in [1.165, 1.54) is 28.0 Å². The van der Waals surface area contributed by atoms with Crippen LogP contribution in [0.2, 0.25) is 0 Å². The molecule has 0 atom stereocenters. The molecule has 1 heterocycles. The topological polar surface area (TPSA) is 28.7 Å². The van der Waals surface area contributed by atoms with Gasteiger partial charge in [0.05, 0.1) is 17.4 Å². The third-order valence-corrected chi connectivity index (χ3v) is 3.31. The maximum atomic E-state index is 4.44. The van der Waals surface area contributed by atoms with E-state index in [4.69, 9.17) is 0 Å². The van der Waals surface area contributed by atoms with Gasteiger partial charge in [-0.15, -0.1) is 0 Å². The molecule has 0 amide bonds. The zero-order valence-corrected chi connectivity index (χ0v) is 11.9. The highest BCUT2D eigenvalue weighted by Gasteiger charge is 2.08. The molecule has 0 radical (unpaired) electrons. The number of aromatic nitrogens is 2. The number of nitrogens with zero attached hydrogens (tertiary/aromatic N) is 1. The van der Waals surface area contributed by atoms with Gasteiger partial charge in [0, 0.05) is 10.8 Å². The van der Waals surface area contributed by atoms with E-state index in [-0.39, 0.29) is 0 Å². The number of hydrogen-bond acceptors (Lipinski definition) is 1. The van der Waals surface area contributed by atoms with Crippen LogP contribution in [0.4, 0.5) is 0 Å². The molecule has 0 saturated heterocycles. The second-order valence-electron chi connectivity index (χ2n) is 4.92. The van der Waals surface area contributed by atoms with Gasteiger partial charge in [-0.1, -0.05) is 68.8 Å². The van der Waals surface area contributed by atoms with Crippen LogP contribution in [0.15, 0.2) is 54.9 Å². The van der Waals surface area contributed by atoms with E-state index in [1.807, 2.05) is 0 Å². The lowest BCUT2D eigenvalue weighted by atomic mass is 10.0. The minimum atomic E-state index is 1.05. The fraction of sp³-hybridized carbons (Fsp3) is 0.167.